The summed E-state index contributed by atoms with van der Waals surface area (Å²) in [6.07, 6.45) is 5.74. The van der Waals surface area contributed by atoms with Crippen molar-refractivity contribution in [3.05, 3.63) is 54.6 Å². The zero-order valence-corrected chi connectivity index (χ0v) is 21.4. The number of hydrogen-bond donors (Lipinski definition) is 1. The van der Waals surface area contributed by atoms with Crippen molar-refractivity contribution in [1.82, 2.24) is 29.5 Å². The minimum atomic E-state index is -0.242. The van der Waals surface area contributed by atoms with Gasteiger partial charge in [0.2, 0.25) is 0 Å². The maximum absolute atomic E-state index is 12.6. The van der Waals surface area contributed by atoms with Crippen LogP contribution in [0.25, 0.3) is 27.8 Å². The van der Waals surface area contributed by atoms with Crippen LogP contribution in [0.15, 0.2) is 49.1 Å². The maximum atomic E-state index is 12.6. The number of amides is 1. The summed E-state index contributed by atoms with van der Waals surface area (Å²) in [7, 11) is 3.08. The summed E-state index contributed by atoms with van der Waals surface area (Å²) in [5.74, 6) is 0.625. The van der Waals surface area contributed by atoms with Crippen LogP contribution in [0.3, 0.4) is 0 Å². The minimum Gasteiger partial charge on any atom is -0.496 e. The smallest absolute Gasteiger partial charge is 0.258 e. The minimum absolute atomic E-state index is 0.242. The van der Waals surface area contributed by atoms with Crippen LogP contribution in [-0.2, 0) is 11.3 Å². The molecule has 1 amide bonds. The SMILES string of the molecule is CCNC(=O)c1c(OC)cc(-n2cnc3cc(-c4cnn(CCN5CCOCC5)c4)ccc32)cc1OC. The molecule has 0 atom stereocenters. The van der Waals surface area contributed by atoms with Crippen LogP contribution in [0.1, 0.15) is 17.3 Å². The van der Waals surface area contributed by atoms with Gasteiger partial charge in [0.1, 0.15) is 23.4 Å². The van der Waals surface area contributed by atoms with Gasteiger partial charge in [0.15, 0.2) is 0 Å². The molecule has 1 aliphatic heterocycles. The van der Waals surface area contributed by atoms with E-state index in [-0.39, 0.29) is 5.91 Å². The molecule has 0 saturated carbocycles. The Morgan fingerprint density at radius 3 is 2.51 bits per heavy atom. The molecule has 37 heavy (non-hydrogen) atoms. The van der Waals surface area contributed by atoms with E-state index in [2.05, 4.69) is 38.6 Å². The number of benzene rings is 2. The van der Waals surface area contributed by atoms with E-state index >= 15 is 0 Å². The lowest BCUT2D eigenvalue weighted by Crippen LogP contribution is -2.38. The third kappa shape index (κ3) is 5.16. The monoisotopic (exact) mass is 504 g/mol. The normalized spacial score (nSPS) is 14.1. The molecule has 1 fully saturated rings. The van der Waals surface area contributed by atoms with Crippen molar-refractivity contribution in [1.29, 1.82) is 0 Å². The molecule has 0 radical (unpaired) electrons. The predicted molar refractivity (Wildman–Crippen MR) is 141 cm³/mol. The van der Waals surface area contributed by atoms with Gasteiger partial charge in [-0.05, 0) is 24.6 Å². The standard InChI is InChI=1S/C27H32N6O4/c1-4-28-27(34)26-24(35-2)14-21(15-25(26)36-3)33-18-29-22-13-19(5-6-23(22)33)20-16-30-32(17-20)8-7-31-9-11-37-12-10-31/h5-6,13-18H,4,7-12H2,1-3H3,(H,28,34). The van der Waals surface area contributed by atoms with Crippen molar-refractivity contribution in [3.63, 3.8) is 0 Å². The number of carbonyl (C=O) groups is 1. The Labute approximate surface area is 215 Å². The van der Waals surface area contributed by atoms with Gasteiger partial charge in [-0.1, -0.05) is 6.07 Å². The number of methoxy groups -OCH3 is 2. The highest BCUT2D eigenvalue weighted by atomic mass is 16.5. The molecule has 194 valence electrons. The molecule has 5 rings (SSSR count). The lowest BCUT2D eigenvalue weighted by atomic mass is 10.1. The Morgan fingerprint density at radius 2 is 1.81 bits per heavy atom. The second-order valence-corrected chi connectivity index (χ2v) is 8.85. The third-order valence-electron chi connectivity index (χ3n) is 6.60. The lowest BCUT2D eigenvalue weighted by Gasteiger charge is -2.26. The van der Waals surface area contributed by atoms with E-state index in [4.69, 9.17) is 14.2 Å². The van der Waals surface area contributed by atoms with E-state index in [1.165, 1.54) is 0 Å². The Bertz CT molecular complexity index is 1360. The van der Waals surface area contributed by atoms with E-state index < -0.39 is 0 Å². The first kappa shape index (κ1) is 24.8. The molecule has 0 aliphatic carbocycles. The molecule has 10 heteroatoms. The van der Waals surface area contributed by atoms with Crippen molar-refractivity contribution < 1.29 is 19.0 Å². The molecule has 2 aromatic carbocycles. The molecule has 10 nitrogen and oxygen atoms in total. The van der Waals surface area contributed by atoms with E-state index in [0.717, 1.165) is 67.2 Å². The lowest BCUT2D eigenvalue weighted by molar-refractivity contribution is 0.0360. The number of rotatable bonds is 9. The first-order valence-electron chi connectivity index (χ1n) is 12.5. The third-order valence-corrected chi connectivity index (χ3v) is 6.60. The molecule has 0 bridgehead atoms. The summed E-state index contributed by atoms with van der Waals surface area (Å²) in [4.78, 5) is 19.6. The van der Waals surface area contributed by atoms with Crippen LogP contribution < -0.4 is 14.8 Å². The number of imidazole rings is 1. The number of nitrogens with one attached hydrogen (secondary N) is 1. The first-order valence-corrected chi connectivity index (χ1v) is 12.5. The van der Waals surface area contributed by atoms with E-state index in [0.29, 0.717) is 23.6 Å². The number of fused-ring (bicyclic) bond motifs is 1. The molecule has 2 aromatic heterocycles. The van der Waals surface area contributed by atoms with Crippen LogP contribution >= 0.6 is 0 Å². The van der Waals surface area contributed by atoms with Crippen molar-refractivity contribution in [2.75, 3.05) is 53.6 Å². The van der Waals surface area contributed by atoms with Gasteiger partial charge in [-0.25, -0.2) is 4.98 Å². The van der Waals surface area contributed by atoms with Gasteiger partial charge in [-0.15, -0.1) is 0 Å². The summed E-state index contributed by atoms with van der Waals surface area (Å²) in [5, 5.41) is 7.37. The Balaban J connectivity index is 1.40. The fourth-order valence-corrected chi connectivity index (χ4v) is 4.61. The summed E-state index contributed by atoms with van der Waals surface area (Å²) in [5.41, 5.74) is 5.04. The van der Waals surface area contributed by atoms with Gasteiger partial charge in [0.05, 0.1) is 56.9 Å². The quantitative estimate of drug-likeness (QED) is 0.374. The molecule has 4 aromatic rings. The van der Waals surface area contributed by atoms with Crippen molar-refractivity contribution >= 4 is 16.9 Å². The molecular formula is C27H32N6O4. The van der Waals surface area contributed by atoms with Gasteiger partial charge in [-0.2, -0.15) is 5.10 Å². The highest BCUT2D eigenvalue weighted by Gasteiger charge is 2.21. The van der Waals surface area contributed by atoms with Gasteiger partial charge in [-0.3, -0.25) is 18.9 Å². The maximum Gasteiger partial charge on any atom is 0.258 e. The van der Waals surface area contributed by atoms with Crippen LogP contribution in [0.4, 0.5) is 0 Å². The van der Waals surface area contributed by atoms with Crippen molar-refractivity contribution in [3.8, 4) is 28.3 Å². The second-order valence-electron chi connectivity index (χ2n) is 8.85. The van der Waals surface area contributed by atoms with E-state index in [1.807, 2.05) is 40.6 Å². The molecule has 1 aliphatic rings. The molecule has 0 spiro atoms. The largest absolute Gasteiger partial charge is 0.496 e. The summed E-state index contributed by atoms with van der Waals surface area (Å²) < 4.78 is 20.5. The fraction of sp³-hybridized carbons (Fsp3) is 0.370. The zero-order valence-electron chi connectivity index (χ0n) is 21.4. The average Bonchev–Trinajstić information content (AvgIpc) is 3.59. The zero-order chi connectivity index (χ0) is 25.8. The summed E-state index contributed by atoms with van der Waals surface area (Å²) in [6, 6.07) is 9.81. The number of carbonyl (C=O) groups excluding carboxylic acids is 1. The number of morpholine rings is 1. The predicted octanol–water partition coefficient (Wildman–Crippen LogP) is 2.99. The Kier molecular flexibility index (Phi) is 7.38. The van der Waals surface area contributed by atoms with Crippen LogP contribution in [0.2, 0.25) is 0 Å². The highest BCUT2D eigenvalue weighted by molar-refractivity contribution is 6.00. The van der Waals surface area contributed by atoms with Crippen molar-refractivity contribution in [2.45, 2.75) is 13.5 Å². The molecule has 3 heterocycles. The highest BCUT2D eigenvalue weighted by Crippen LogP contribution is 2.34. The molecule has 1 saturated heterocycles. The van der Waals surface area contributed by atoms with E-state index in [1.54, 1.807) is 20.5 Å². The number of hydrogen-bond acceptors (Lipinski definition) is 7. The van der Waals surface area contributed by atoms with Gasteiger partial charge < -0.3 is 19.5 Å². The van der Waals surface area contributed by atoms with Gasteiger partial charge >= 0.3 is 0 Å². The molecule has 1 N–H and O–H groups in total. The molecule has 0 unspecified atom stereocenters. The number of ether oxygens (including phenoxy) is 3. The van der Waals surface area contributed by atoms with Crippen LogP contribution in [0.5, 0.6) is 11.5 Å². The van der Waals surface area contributed by atoms with Crippen LogP contribution in [0, 0.1) is 0 Å². The van der Waals surface area contributed by atoms with E-state index in [9.17, 15) is 4.79 Å². The Morgan fingerprint density at radius 1 is 1.05 bits per heavy atom. The fourth-order valence-electron chi connectivity index (χ4n) is 4.61. The van der Waals surface area contributed by atoms with Crippen molar-refractivity contribution in [2.24, 2.45) is 0 Å². The summed E-state index contributed by atoms with van der Waals surface area (Å²) >= 11 is 0. The second kappa shape index (κ2) is 11.0. The summed E-state index contributed by atoms with van der Waals surface area (Å²) in [6.45, 7) is 7.72. The average molecular weight is 505 g/mol. The van der Waals surface area contributed by atoms with Crippen LogP contribution in [-0.4, -0.2) is 83.8 Å². The van der Waals surface area contributed by atoms with Gasteiger partial charge in [0, 0.05) is 50.1 Å². The number of nitrogens with zero attached hydrogens (tertiary/aromatic N) is 5. The Hall–Kier alpha value is -3.89. The first-order chi connectivity index (χ1) is 18.1. The van der Waals surface area contributed by atoms with Gasteiger partial charge in [0.25, 0.3) is 5.91 Å². The topological polar surface area (TPSA) is 95.7 Å². The molecular weight excluding hydrogens is 472 g/mol. The number of aromatic nitrogens is 4.